The van der Waals surface area contributed by atoms with E-state index in [4.69, 9.17) is 4.74 Å². The third kappa shape index (κ3) is 2.50. The number of carbonyl (C=O) groups excluding carboxylic acids is 2. The first kappa shape index (κ1) is 16.9. The molecule has 0 saturated carbocycles. The summed E-state index contributed by atoms with van der Waals surface area (Å²) in [5, 5.41) is 9.74. The van der Waals surface area contributed by atoms with Gasteiger partial charge in [-0.05, 0) is 73.7 Å². The number of nitrogens with zero attached hydrogens (tertiary/aromatic N) is 4. The lowest BCUT2D eigenvalue weighted by atomic mass is 10.1. The smallest absolute Gasteiger partial charge is 0.263 e. The topological polar surface area (TPSA) is 74.6 Å². The van der Waals surface area contributed by atoms with Crippen molar-refractivity contribution in [1.82, 2.24) is 0 Å². The van der Waals surface area contributed by atoms with E-state index in [0.29, 0.717) is 18.0 Å². The summed E-state index contributed by atoms with van der Waals surface area (Å²) in [6.45, 7) is 2.50. The second-order valence-corrected chi connectivity index (χ2v) is 7.18. The number of amides is 2. The molecule has 3 aliphatic rings. The summed E-state index contributed by atoms with van der Waals surface area (Å²) in [7, 11) is 0. The van der Waals surface area contributed by atoms with Gasteiger partial charge in [0.25, 0.3) is 11.8 Å². The van der Waals surface area contributed by atoms with Crippen LogP contribution < -0.4 is 14.6 Å². The Morgan fingerprint density at radius 1 is 1.00 bits per heavy atom. The minimum atomic E-state index is -0.799. The van der Waals surface area contributed by atoms with Crippen molar-refractivity contribution in [1.29, 1.82) is 0 Å². The summed E-state index contributed by atoms with van der Waals surface area (Å²) in [6.07, 6.45) is 3.17. The molecule has 1 fully saturated rings. The molecule has 2 atom stereocenters. The predicted molar refractivity (Wildman–Crippen MR) is 103 cm³/mol. The van der Waals surface area contributed by atoms with Gasteiger partial charge >= 0.3 is 0 Å². The van der Waals surface area contributed by atoms with Gasteiger partial charge in [0, 0.05) is 0 Å². The van der Waals surface area contributed by atoms with Gasteiger partial charge in [-0.3, -0.25) is 9.59 Å². The third-order valence-electron chi connectivity index (χ3n) is 5.53. The van der Waals surface area contributed by atoms with Crippen molar-refractivity contribution in [3.8, 4) is 5.75 Å². The number of fused-ring (bicyclic) bond motifs is 2. The molecule has 2 aliphatic heterocycles. The molecule has 1 saturated heterocycles. The fraction of sp³-hybridized carbons (Fsp3) is 0.333. The zero-order valence-corrected chi connectivity index (χ0v) is 15.5. The molecule has 7 heteroatoms. The van der Waals surface area contributed by atoms with Crippen molar-refractivity contribution < 1.29 is 14.3 Å². The monoisotopic (exact) mass is 376 g/mol. The molecule has 142 valence electrons. The lowest BCUT2D eigenvalue weighted by Crippen LogP contribution is -2.39. The van der Waals surface area contributed by atoms with E-state index in [9.17, 15) is 9.59 Å². The lowest BCUT2D eigenvalue weighted by Gasteiger charge is -2.21. The molecule has 0 N–H and O–H groups in total. The molecule has 2 aromatic carbocycles. The quantitative estimate of drug-likeness (QED) is 0.769. The Morgan fingerprint density at radius 2 is 1.75 bits per heavy atom. The Kier molecular flexibility index (Phi) is 3.89. The molecular weight excluding hydrogens is 356 g/mol. The van der Waals surface area contributed by atoms with Crippen LogP contribution in [0.25, 0.3) is 0 Å². The Morgan fingerprint density at radius 3 is 2.54 bits per heavy atom. The van der Waals surface area contributed by atoms with E-state index < -0.39 is 12.1 Å². The van der Waals surface area contributed by atoms with Gasteiger partial charge in [0.2, 0.25) is 0 Å². The van der Waals surface area contributed by atoms with E-state index in [-0.39, 0.29) is 11.8 Å². The number of aryl methyl sites for hydroxylation is 2. The summed E-state index contributed by atoms with van der Waals surface area (Å²) in [5.74, 6) is 0.143. The van der Waals surface area contributed by atoms with Crippen LogP contribution in [0.3, 0.4) is 0 Å². The van der Waals surface area contributed by atoms with Gasteiger partial charge in [-0.1, -0.05) is 11.3 Å². The SMILES string of the molecule is CCOc1ccc(N2N=N[C@H]3C(=O)N(c4ccc5c(c4)CCC5)C(=O)[C@H]32)cc1. The van der Waals surface area contributed by atoms with Crippen LogP contribution >= 0.6 is 0 Å². The molecule has 2 aromatic rings. The molecule has 1 aliphatic carbocycles. The minimum absolute atomic E-state index is 0.285. The molecular formula is C21H20N4O3. The number of hydrogen-bond donors (Lipinski definition) is 0. The highest BCUT2D eigenvalue weighted by molar-refractivity contribution is 6.26. The second-order valence-electron chi connectivity index (χ2n) is 7.18. The van der Waals surface area contributed by atoms with Crippen LogP contribution in [0.5, 0.6) is 5.75 Å². The minimum Gasteiger partial charge on any atom is -0.494 e. The van der Waals surface area contributed by atoms with Crippen molar-refractivity contribution in [3.63, 3.8) is 0 Å². The fourth-order valence-electron chi connectivity index (χ4n) is 4.19. The highest BCUT2D eigenvalue weighted by Gasteiger charge is 2.55. The first-order chi connectivity index (χ1) is 13.7. The average molecular weight is 376 g/mol. The largest absolute Gasteiger partial charge is 0.494 e. The van der Waals surface area contributed by atoms with Crippen LogP contribution in [-0.4, -0.2) is 30.5 Å². The number of ether oxygens (including phenoxy) is 1. The van der Waals surface area contributed by atoms with Crippen LogP contribution in [0.4, 0.5) is 11.4 Å². The van der Waals surface area contributed by atoms with E-state index >= 15 is 0 Å². The van der Waals surface area contributed by atoms with E-state index in [1.165, 1.54) is 21.0 Å². The normalized spacial score (nSPS) is 22.8. The summed E-state index contributed by atoms with van der Waals surface area (Å²) in [6, 6.07) is 11.6. The Balaban J connectivity index is 1.44. The van der Waals surface area contributed by atoms with Gasteiger partial charge in [0.1, 0.15) is 5.75 Å². The summed E-state index contributed by atoms with van der Waals surface area (Å²) in [5.41, 5.74) is 3.86. The number of carbonyl (C=O) groups is 2. The van der Waals surface area contributed by atoms with Crippen LogP contribution in [0, 0.1) is 0 Å². The average Bonchev–Trinajstić information content (AvgIpc) is 3.40. The van der Waals surface area contributed by atoms with Gasteiger partial charge in [-0.2, -0.15) is 5.11 Å². The number of hydrogen-bond acceptors (Lipinski definition) is 6. The summed E-state index contributed by atoms with van der Waals surface area (Å²) in [4.78, 5) is 27.4. The molecule has 28 heavy (non-hydrogen) atoms. The third-order valence-corrected chi connectivity index (χ3v) is 5.53. The second kappa shape index (κ2) is 6.44. The van der Waals surface area contributed by atoms with Gasteiger partial charge in [0.15, 0.2) is 12.1 Å². The van der Waals surface area contributed by atoms with Gasteiger partial charge < -0.3 is 4.74 Å². The van der Waals surface area contributed by atoms with Crippen molar-refractivity contribution in [2.24, 2.45) is 10.3 Å². The zero-order chi connectivity index (χ0) is 19.3. The van der Waals surface area contributed by atoms with E-state index in [1.807, 2.05) is 49.4 Å². The first-order valence-corrected chi connectivity index (χ1v) is 9.60. The van der Waals surface area contributed by atoms with Crippen LogP contribution in [0.15, 0.2) is 52.8 Å². The number of anilines is 2. The fourth-order valence-corrected chi connectivity index (χ4v) is 4.19. The van der Waals surface area contributed by atoms with E-state index in [0.717, 1.165) is 25.0 Å². The Bertz CT molecular complexity index is 986. The van der Waals surface area contributed by atoms with E-state index in [2.05, 4.69) is 10.3 Å². The molecule has 0 aromatic heterocycles. The highest BCUT2D eigenvalue weighted by atomic mass is 16.5. The van der Waals surface area contributed by atoms with Crippen molar-refractivity contribution in [2.45, 2.75) is 38.3 Å². The van der Waals surface area contributed by atoms with Gasteiger partial charge in [-0.25, -0.2) is 9.91 Å². The first-order valence-electron chi connectivity index (χ1n) is 9.60. The Hall–Kier alpha value is -3.22. The van der Waals surface area contributed by atoms with Crippen molar-refractivity contribution in [3.05, 3.63) is 53.6 Å². The molecule has 0 spiro atoms. The van der Waals surface area contributed by atoms with Gasteiger partial charge in [-0.15, -0.1) is 0 Å². The van der Waals surface area contributed by atoms with Crippen LogP contribution in [0.2, 0.25) is 0 Å². The number of imide groups is 1. The molecule has 5 rings (SSSR count). The van der Waals surface area contributed by atoms with Crippen LogP contribution in [-0.2, 0) is 22.4 Å². The summed E-state index contributed by atoms with van der Waals surface area (Å²) < 4.78 is 5.46. The van der Waals surface area contributed by atoms with Crippen molar-refractivity contribution in [2.75, 3.05) is 16.5 Å². The predicted octanol–water partition coefficient (Wildman–Crippen LogP) is 3.07. The molecule has 0 radical (unpaired) electrons. The highest BCUT2D eigenvalue weighted by Crippen LogP contribution is 2.36. The summed E-state index contributed by atoms with van der Waals surface area (Å²) >= 11 is 0. The molecule has 2 amide bonds. The number of rotatable bonds is 4. The number of benzene rings is 2. The maximum atomic E-state index is 13.2. The molecule has 2 heterocycles. The van der Waals surface area contributed by atoms with Crippen LogP contribution in [0.1, 0.15) is 24.5 Å². The van der Waals surface area contributed by atoms with E-state index in [1.54, 1.807) is 0 Å². The van der Waals surface area contributed by atoms with Gasteiger partial charge in [0.05, 0.1) is 18.0 Å². The zero-order valence-electron chi connectivity index (χ0n) is 15.5. The lowest BCUT2D eigenvalue weighted by molar-refractivity contribution is -0.121. The standard InChI is InChI=1S/C21H20N4O3/c1-2-28-17-10-8-15(9-11-17)25-19-18(22-23-25)20(26)24(21(19)27)16-7-6-13-4-3-5-14(13)12-16/h6-12,18-19H,2-5H2,1H3/t18-,19+/m1/s1. The van der Waals surface area contributed by atoms with Crippen molar-refractivity contribution >= 4 is 23.2 Å². The molecule has 7 nitrogen and oxygen atoms in total. The maximum absolute atomic E-state index is 13.2. The maximum Gasteiger partial charge on any atom is 0.263 e. The Labute approximate surface area is 162 Å². The molecule has 0 bridgehead atoms. The molecule has 0 unspecified atom stereocenters.